The Balaban J connectivity index is 1.46. The van der Waals surface area contributed by atoms with Crippen LogP contribution in [0.2, 0.25) is 5.02 Å². The van der Waals surface area contributed by atoms with Crippen molar-refractivity contribution in [3.05, 3.63) is 58.9 Å². The molecule has 0 radical (unpaired) electrons. The molecule has 0 unspecified atom stereocenters. The van der Waals surface area contributed by atoms with Crippen molar-refractivity contribution in [2.75, 3.05) is 7.11 Å². The zero-order valence-corrected chi connectivity index (χ0v) is 16.6. The first-order valence-electron chi connectivity index (χ1n) is 8.32. The highest BCUT2D eigenvalue weighted by Crippen LogP contribution is 2.33. The number of thioether (sulfide) groups is 1. The summed E-state index contributed by atoms with van der Waals surface area (Å²) in [6, 6.07) is 13.1. The Kier molecular flexibility index (Phi) is 5.31. The van der Waals surface area contributed by atoms with Crippen molar-refractivity contribution in [1.82, 2.24) is 20.4 Å². The molecular formula is C19H15ClN4O3S. The lowest BCUT2D eigenvalue weighted by Gasteiger charge is -2.04. The minimum absolute atomic E-state index is 0.327. The van der Waals surface area contributed by atoms with Crippen LogP contribution in [0.4, 0.5) is 0 Å². The summed E-state index contributed by atoms with van der Waals surface area (Å²) in [5.41, 5.74) is 2.65. The molecule has 0 amide bonds. The fourth-order valence-electron chi connectivity index (χ4n) is 2.55. The average Bonchev–Trinajstić information content (AvgIpc) is 3.36. The molecule has 0 bridgehead atoms. The molecule has 0 saturated carbocycles. The Bertz CT molecular complexity index is 1110. The van der Waals surface area contributed by atoms with Gasteiger partial charge in [-0.1, -0.05) is 41.1 Å². The number of nitrogens with zero attached hydrogens (tertiary/aromatic N) is 4. The number of methoxy groups -OCH3 is 1. The van der Waals surface area contributed by atoms with Crippen molar-refractivity contribution < 1.29 is 13.6 Å². The van der Waals surface area contributed by atoms with Gasteiger partial charge in [0.2, 0.25) is 11.8 Å². The molecule has 0 aliphatic rings. The Morgan fingerprint density at radius 2 is 1.86 bits per heavy atom. The van der Waals surface area contributed by atoms with Crippen LogP contribution < -0.4 is 4.74 Å². The number of hydrogen-bond acceptors (Lipinski definition) is 8. The lowest BCUT2D eigenvalue weighted by molar-refractivity contribution is 0.411. The van der Waals surface area contributed by atoms with Crippen LogP contribution in [0.25, 0.3) is 22.9 Å². The molecule has 0 saturated heterocycles. The van der Waals surface area contributed by atoms with Gasteiger partial charge in [-0.2, -0.15) is 0 Å². The van der Waals surface area contributed by atoms with E-state index in [0.29, 0.717) is 45.0 Å². The number of halogens is 1. The highest BCUT2D eigenvalue weighted by molar-refractivity contribution is 7.98. The van der Waals surface area contributed by atoms with Crippen LogP contribution in [0, 0.1) is 6.92 Å². The Morgan fingerprint density at radius 1 is 1.00 bits per heavy atom. The van der Waals surface area contributed by atoms with E-state index >= 15 is 0 Å². The summed E-state index contributed by atoms with van der Waals surface area (Å²) < 4.78 is 16.7. The molecule has 7 nitrogen and oxygen atoms in total. The lowest BCUT2D eigenvalue weighted by Crippen LogP contribution is -1.87. The molecule has 0 spiro atoms. The molecule has 4 rings (SSSR count). The maximum Gasteiger partial charge on any atom is 0.277 e. The van der Waals surface area contributed by atoms with Gasteiger partial charge in [0.1, 0.15) is 5.75 Å². The van der Waals surface area contributed by atoms with Gasteiger partial charge < -0.3 is 13.6 Å². The number of aromatic nitrogens is 4. The molecule has 0 aliphatic carbocycles. The summed E-state index contributed by atoms with van der Waals surface area (Å²) in [5, 5.41) is 17.2. The summed E-state index contributed by atoms with van der Waals surface area (Å²) >= 11 is 7.36. The Labute approximate surface area is 170 Å². The van der Waals surface area contributed by atoms with E-state index in [2.05, 4.69) is 20.4 Å². The number of ether oxygens (including phenoxy) is 1. The molecule has 28 heavy (non-hydrogen) atoms. The first-order chi connectivity index (χ1) is 13.6. The zero-order chi connectivity index (χ0) is 19.5. The minimum Gasteiger partial charge on any atom is -0.496 e. The molecule has 0 N–H and O–H groups in total. The summed E-state index contributed by atoms with van der Waals surface area (Å²) in [6.45, 7) is 2.01. The first-order valence-corrected chi connectivity index (χ1v) is 9.68. The third-order valence-corrected chi connectivity index (χ3v) is 4.89. The van der Waals surface area contributed by atoms with Crippen molar-refractivity contribution in [3.8, 4) is 28.7 Å². The number of benzene rings is 2. The van der Waals surface area contributed by atoms with E-state index in [-0.39, 0.29) is 0 Å². The number of hydrogen-bond donors (Lipinski definition) is 0. The van der Waals surface area contributed by atoms with Gasteiger partial charge in [0, 0.05) is 10.6 Å². The summed E-state index contributed by atoms with van der Waals surface area (Å²) in [5.74, 6) is 2.29. The fourth-order valence-corrected chi connectivity index (χ4v) is 3.33. The summed E-state index contributed by atoms with van der Waals surface area (Å²) in [6.07, 6.45) is 0. The predicted molar refractivity (Wildman–Crippen MR) is 105 cm³/mol. The normalized spacial score (nSPS) is 11.0. The van der Waals surface area contributed by atoms with Crippen LogP contribution >= 0.6 is 23.4 Å². The van der Waals surface area contributed by atoms with Crippen molar-refractivity contribution in [3.63, 3.8) is 0 Å². The fraction of sp³-hybridized carbons (Fsp3) is 0.158. The maximum atomic E-state index is 6.06. The molecular weight excluding hydrogens is 400 g/mol. The quantitative estimate of drug-likeness (QED) is 0.405. The van der Waals surface area contributed by atoms with Crippen LogP contribution in [0.5, 0.6) is 5.75 Å². The van der Waals surface area contributed by atoms with E-state index in [1.807, 2.05) is 31.2 Å². The van der Waals surface area contributed by atoms with Crippen molar-refractivity contribution in [2.24, 2.45) is 0 Å². The van der Waals surface area contributed by atoms with Crippen LogP contribution in [0.15, 0.2) is 56.5 Å². The molecule has 0 fully saturated rings. The van der Waals surface area contributed by atoms with E-state index in [1.54, 1.807) is 25.3 Å². The van der Waals surface area contributed by atoms with Gasteiger partial charge in [-0.15, -0.1) is 20.4 Å². The lowest BCUT2D eigenvalue weighted by atomic mass is 10.1. The molecule has 0 atom stereocenters. The first kappa shape index (κ1) is 18.5. The van der Waals surface area contributed by atoms with Gasteiger partial charge >= 0.3 is 0 Å². The van der Waals surface area contributed by atoms with Crippen LogP contribution in [0.3, 0.4) is 0 Å². The number of rotatable bonds is 6. The highest BCUT2D eigenvalue weighted by atomic mass is 35.5. The third kappa shape index (κ3) is 4.02. The standard InChI is InChI=1S/C19H15ClN4O3S/c1-11-4-3-5-12(8-11)17-22-21-16(26-17)10-28-19-24-23-18(27-19)14-9-13(20)6-7-15(14)25-2/h3-9H,10H2,1-2H3. The Hall–Kier alpha value is -2.84. The summed E-state index contributed by atoms with van der Waals surface area (Å²) in [7, 11) is 1.57. The molecule has 9 heteroatoms. The zero-order valence-electron chi connectivity index (χ0n) is 15.0. The summed E-state index contributed by atoms with van der Waals surface area (Å²) in [4.78, 5) is 0. The topological polar surface area (TPSA) is 87.1 Å². The van der Waals surface area contributed by atoms with Gasteiger partial charge in [0.05, 0.1) is 18.4 Å². The second-order valence-electron chi connectivity index (χ2n) is 5.88. The highest BCUT2D eigenvalue weighted by Gasteiger charge is 2.16. The number of aryl methyl sites for hydroxylation is 1. The molecule has 2 heterocycles. The monoisotopic (exact) mass is 414 g/mol. The predicted octanol–water partition coefficient (Wildman–Crippen LogP) is 5.05. The van der Waals surface area contributed by atoms with Crippen LogP contribution in [0.1, 0.15) is 11.5 Å². The maximum absolute atomic E-state index is 6.06. The van der Waals surface area contributed by atoms with Gasteiger partial charge in [-0.25, -0.2) is 0 Å². The van der Waals surface area contributed by atoms with Gasteiger partial charge in [-0.05, 0) is 37.3 Å². The van der Waals surface area contributed by atoms with Gasteiger partial charge in [0.25, 0.3) is 11.1 Å². The van der Waals surface area contributed by atoms with E-state index < -0.39 is 0 Å². The van der Waals surface area contributed by atoms with E-state index in [0.717, 1.165) is 11.1 Å². The molecule has 2 aromatic heterocycles. The van der Waals surface area contributed by atoms with Crippen LogP contribution in [-0.4, -0.2) is 27.5 Å². The molecule has 2 aromatic carbocycles. The van der Waals surface area contributed by atoms with E-state index in [1.165, 1.54) is 11.8 Å². The minimum atomic E-state index is 0.327. The van der Waals surface area contributed by atoms with Crippen LogP contribution in [-0.2, 0) is 5.75 Å². The second kappa shape index (κ2) is 8.04. The smallest absolute Gasteiger partial charge is 0.277 e. The molecule has 0 aliphatic heterocycles. The largest absolute Gasteiger partial charge is 0.496 e. The van der Waals surface area contributed by atoms with Crippen molar-refractivity contribution in [1.29, 1.82) is 0 Å². The van der Waals surface area contributed by atoms with Gasteiger partial charge in [-0.3, -0.25) is 0 Å². The molecule has 142 valence electrons. The van der Waals surface area contributed by atoms with Crippen molar-refractivity contribution >= 4 is 23.4 Å². The third-order valence-electron chi connectivity index (χ3n) is 3.85. The Morgan fingerprint density at radius 3 is 2.68 bits per heavy atom. The average molecular weight is 415 g/mol. The second-order valence-corrected chi connectivity index (χ2v) is 7.24. The van der Waals surface area contributed by atoms with E-state index in [4.69, 9.17) is 25.2 Å². The SMILES string of the molecule is COc1ccc(Cl)cc1-c1nnc(SCc2nnc(-c3cccc(C)c3)o2)o1. The molecule has 4 aromatic rings. The van der Waals surface area contributed by atoms with Crippen molar-refractivity contribution in [2.45, 2.75) is 17.9 Å². The van der Waals surface area contributed by atoms with Gasteiger partial charge in [0.15, 0.2) is 0 Å². The van der Waals surface area contributed by atoms with E-state index in [9.17, 15) is 0 Å².